The molecule has 146 valence electrons. The Morgan fingerprint density at radius 2 is 1.89 bits per heavy atom. The van der Waals surface area contributed by atoms with Crippen molar-refractivity contribution < 1.29 is 19.1 Å². The second-order valence-electron chi connectivity index (χ2n) is 6.36. The molecule has 0 unspecified atom stereocenters. The van der Waals surface area contributed by atoms with Gasteiger partial charge in [0.1, 0.15) is 5.75 Å². The average molecular weight is 402 g/mol. The molecule has 0 atom stereocenters. The van der Waals surface area contributed by atoms with Gasteiger partial charge in [0.05, 0.1) is 12.2 Å². The van der Waals surface area contributed by atoms with Crippen molar-refractivity contribution in [2.75, 3.05) is 37.0 Å². The highest BCUT2D eigenvalue weighted by Gasteiger charge is 2.26. The Morgan fingerprint density at radius 3 is 2.64 bits per heavy atom. The zero-order valence-electron chi connectivity index (χ0n) is 15.4. The summed E-state index contributed by atoms with van der Waals surface area (Å²) in [4.78, 5) is 39.5. The number of hydrogen-bond acceptors (Lipinski definition) is 4. The summed E-state index contributed by atoms with van der Waals surface area (Å²) in [6, 6.07) is 13.9. The van der Waals surface area contributed by atoms with Crippen molar-refractivity contribution in [3.8, 4) is 5.75 Å². The number of carbonyl (C=O) groups is 3. The lowest BCUT2D eigenvalue weighted by Crippen LogP contribution is -2.42. The average Bonchev–Trinajstić information content (AvgIpc) is 2.68. The predicted octanol–water partition coefficient (Wildman–Crippen LogP) is 2.55. The Kier molecular flexibility index (Phi) is 6.16. The van der Waals surface area contributed by atoms with Crippen LogP contribution in [0, 0.1) is 0 Å². The largest absolute Gasteiger partial charge is 0.482 e. The molecule has 0 saturated heterocycles. The zero-order chi connectivity index (χ0) is 20.1. The molecule has 0 radical (unpaired) electrons. The fraction of sp³-hybridized carbons (Fsp3) is 0.250. The Balaban J connectivity index is 1.52. The van der Waals surface area contributed by atoms with E-state index in [4.69, 9.17) is 16.3 Å². The second-order valence-corrected chi connectivity index (χ2v) is 6.79. The van der Waals surface area contributed by atoms with Crippen LogP contribution in [0.2, 0.25) is 5.02 Å². The van der Waals surface area contributed by atoms with Crippen LogP contribution >= 0.6 is 11.6 Å². The molecule has 1 aliphatic rings. The Morgan fingerprint density at radius 1 is 1.18 bits per heavy atom. The summed E-state index contributed by atoms with van der Waals surface area (Å²) in [5.74, 6) is -0.131. The monoisotopic (exact) mass is 401 g/mol. The molecule has 3 rings (SSSR count). The van der Waals surface area contributed by atoms with Gasteiger partial charge < -0.3 is 19.9 Å². The number of hydrogen-bond donors (Lipinski definition) is 1. The highest BCUT2D eigenvalue weighted by atomic mass is 35.5. The predicted molar refractivity (Wildman–Crippen MR) is 107 cm³/mol. The number of para-hydroxylation sites is 2. The van der Waals surface area contributed by atoms with Crippen molar-refractivity contribution in [1.82, 2.24) is 4.90 Å². The number of anilines is 2. The fourth-order valence-electron chi connectivity index (χ4n) is 2.83. The fourth-order valence-corrected chi connectivity index (χ4v) is 2.96. The van der Waals surface area contributed by atoms with Gasteiger partial charge >= 0.3 is 0 Å². The van der Waals surface area contributed by atoms with Gasteiger partial charge in [-0.05, 0) is 36.4 Å². The van der Waals surface area contributed by atoms with E-state index < -0.39 is 0 Å². The number of nitrogens with one attached hydrogen (secondary N) is 1. The topological polar surface area (TPSA) is 79.0 Å². The minimum Gasteiger partial charge on any atom is -0.482 e. The number of halogens is 1. The maximum Gasteiger partial charge on any atom is 0.265 e. The molecule has 28 heavy (non-hydrogen) atoms. The summed E-state index contributed by atoms with van der Waals surface area (Å²) in [7, 11) is 1.55. The van der Waals surface area contributed by atoms with E-state index in [1.165, 1.54) is 4.90 Å². The number of fused-ring (bicyclic) bond motifs is 1. The van der Waals surface area contributed by atoms with E-state index in [9.17, 15) is 14.4 Å². The lowest BCUT2D eigenvalue weighted by atomic mass is 10.2. The first-order valence-corrected chi connectivity index (χ1v) is 9.13. The van der Waals surface area contributed by atoms with Crippen molar-refractivity contribution >= 4 is 40.7 Å². The molecule has 2 aromatic carbocycles. The van der Waals surface area contributed by atoms with Gasteiger partial charge in [-0.1, -0.05) is 23.7 Å². The second kappa shape index (κ2) is 8.75. The van der Waals surface area contributed by atoms with Crippen LogP contribution in [-0.4, -0.2) is 49.4 Å². The number of nitrogens with zero attached hydrogens (tertiary/aromatic N) is 2. The molecule has 0 aliphatic carbocycles. The number of likely N-dealkylation sites (N-methyl/N-ethyl adjacent to an activating group) is 1. The lowest BCUT2D eigenvalue weighted by molar-refractivity contribution is -0.133. The van der Waals surface area contributed by atoms with Crippen LogP contribution in [0.25, 0.3) is 0 Å². The maximum atomic E-state index is 12.4. The molecule has 7 nitrogen and oxygen atoms in total. The van der Waals surface area contributed by atoms with Crippen LogP contribution in [-0.2, 0) is 14.4 Å². The highest BCUT2D eigenvalue weighted by molar-refractivity contribution is 6.30. The van der Waals surface area contributed by atoms with Crippen molar-refractivity contribution in [3.05, 3.63) is 53.6 Å². The zero-order valence-corrected chi connectivity index (χ0v) is 16.1. The molecule has 8 heteroatoms. The molecule has 0 bridgehead atoms. The number of carbonyl (C=O) groups excluding carboxylic acids is 3. The summed E-state index contributed by atoms with van der Waals surface area (Å²) in [6.07, 6.45) is 0.102. The summed E-state index contributed by atoms with van der Waals surface area (Å²) in [6.45, 7) is 0.0842. The van der Waals surface area contributed by atoms with Gasteiger partial charge in [-0.25, -0.2) is 0 Å². The number of ether oxygens (including phenoxy) is 1. The van der Waals surface area contributed by atoms with E-state index >= 15 is 0 Å². The first kappa shape index (κ1) is 19.7. The van der Waals surface area contributed by atoms with Gasteiger partial charge in [-0.15, -0.1) is 0 Å². The molecule has 0 spiro atoms. The molecule has 0 aromatic heterocycles. The molecule has 1 aliphatic heterocycles. The van der Waals surface area contributed by atoms with Crippen molar-refractivity contribution in [2.24, 2.45) is 0 Å². The summed E-state index contributed by atoms with van der Waals surface area (Å²) >= 11 is 5.81. The number of amides is 3. The molecule has 2 aromatic rings. The molecule has 0 fully saturated rings. The first-order valence-electron chi connectivity index (χ1n) is 8.75. The highest BCUT2D eigenvalue weighted by Crippen LogP contribution is 2.31. The van der Waals surface area contributed by atoms with Crippen LogP contribution in [0.1, 0.15) is 6.42 Å². The van der Waals surface area contributed by atoms with Gasteiger partial charge in [0.25, 0.3) is 5.91 Å². The third-order valence-corrected chi connectivity index (χ3v) is 4.54. The quantitative estimate of drug-likeness (QED) is 0.806. The third-order valence-electron chi connectivity index (χ3n) is 4.29. The van der Waals surface area contributed by atoms with Crippen LogP contribution in [0.15, 0.2) is 48.5 Å². The molecule has 0 saturated carbocycles. The van der Waals surface area contributed by atoms with Crippen molar-refractivity contribution in [2.45, 2.75) is 6.42 Å². The number of rotatable bonds is 6. The van der Waals surface area contributed by atoms with E-state index in [2.05, 4.69) is 5.32 Å². The van der Waals surface area contributed by atoms with Crippen molar-refractivity contribution in [1.29, 1.82) is 0 Å². The van der Waals surface area contributed by atoms with Gasteiger partial charge in [0.15, 0.2) is 6.61 Å². The first-order chi connectivity index (χ1) is 13.4. The molecular formula is C20H20ClN3O4. The smallest absolute Gasteiger partial charge is 0.265 e. The van der Waals surface area contributed by atoms with Crippen LogP contribution < -0.4 is 15.0 Å². The molecule has 1 heterocycles. The third kappa shape index (κ3) is 4.80. The Hall–Kier alpha value is -3.06. The minimum atomic E-state index is -0.314. The summed E-state index contributed by atoms with van der Waals surface area (Å²) in [5.41, 5.74) is 1.25. The Labute approximate surface area is 167 Å². The summed E-state index contributed by atoms with van der Waals surface area (Å²) < 4.78 is 5.39. The molecule has 3 amide bonds. The van der Waals surface area contributed by atoms with E-state index in [-0.39, 0.29) is 43.8 Å². The van der Waals surface area contributed by atoms with E-state index in [0.29, 0.717) is 22.1 Å². The van der Waals surface area contributed by atoms with Gasteiger partial charge in [-0.2, -0.15) is 0 Å². The van der Waals surface area contributed by atoms with E-state index in [1.807, 2.05) is 12.1 Å². The lowest BCUT2D eigenvalue weighted by Gasteiger charge is -2.29. The van der Waals surface area contributed by atoms with Crippen LogP contribution in [0.4, 0.5) is 11.4 Å². The maximum absolute atomic E-state index is 12.4. The minimum absolute atomic E-state index is 0.0511. The Bertz CT molecular complexity index is 885. The van der Waals surface area contributed by atoms with Gasteiger partial charge in [0, 0.05) is 30.7 Å². The normalized spacial score (nSPS) is 12.8. The van der Waals surface area contributed by atoms with Crippen LogP contribution in [0.5, 0.6) is 5.75 Å². The van der Waals surface area contributed by atoms with Gasteiger partial charge in [0.2, 0.25) is 11.8 Å². The van der Waals surface area contributed by atoms with E-state index in [0.717, 1.165) is 0 Å². The van der Waals surface area contributed by atoms with Crippen molar-refractivity contribution in [3.63, 3.8) is 0 Å². The van der Waals surface area contributed by atoms with Crippen LogP contribution in [0.3, 0.4) is 0 Å². The molecule has 1 N–H and O–H groups in total. The SMILES string of the molecule is CN(CC(=O)Nc1ccc(Cl)cc1)C(=O)CCN1C(=O)COc2ccccc21. The standard InChI is InChI=1S/C20H20ClN3O4/c1-23(12-18(25)22-15-8-6-14(21)7-9-15)19(26)10-11-24-16-4-2-3-5-17(16)28-13-20(24)27/h2-9H,10-13H2,1H3,(H,22,25). The van der Waals surface area contributed by atoms with E-state index in [1.54, 1.807) is 48.3 Å². The molecular weight excluding hydrogens is 382 g/mol. The number of benzene rings is 2. The summed E-state index contributed by atoms with van der Waals surface area (Å²) in [5, 5.41) is 3.28. The van der Waals surface area contributed by atoms with Gasteiger partial charge in [-0.3, -0.25) is 14.4 Å².